The Morgan fingerprint density at radius 2 is 1.62 bits per heavy atom. The van der Waals surface area contributed by atoms with Gasteiger partial charge >= 0.3 is 0 Å². The summed E-state index contributed by atoms with van der Waals surface area (Å²) in [6, 6.07) is 0. The number of hydrogen-bond donors (Lipinski definition) is 6. The van der Waals surface area contributed by atoms with Crippen molar-refractivity contribution >= 4 is 91.2 Å². The number of likely N-dealkylation sites (N-methyl/N-ethyl adjacent to an activating group) is 1. The highest BCUT2D eigenvalue weighted by molar-refractivity contribution is 14.1. The molecule has 13 heteroatoms. The Morgan fingerprint density at radius 1 is 1.03 bits per heavy atom. The standard InChI is InChI=1S/C16H20I3N3O7/c1-22(2-3-23)16(29)10-11(17)9(15(28)20-4-7(26)5-24)12(18)14(13(10)19)21-8(27)6-25/h7,23-26H,2-6H2,1H3,(H,20,28)(H,21,27). The van der Waals surface area contributed by atoms with Gasteiger partial charge in [0.05, 0.1) is 43.3 Å². The van der Waals surface area contributed by atoms with Crippen LogP contribution in [0.1, 0.15) is 20.7 Å². The smallest absolute Gasteiger partial charge is 0.255 e. The van der Waals surface area contributed by atoms with Gasteiger partial charge in [-0.05, 0) is 67.8 Å². The van der Waals surface area contributed by atoms with Gasteiger partial charge in [-0.3, -0.25) is 14.4 Å². The van der Waals surface area contributed by atoms with E-state index >= 15 is 0 Å². The number of nitrogens with zero attached hydrogens (tertiary/aromatic N) is 1. The van der Waals surface area contributed by atoms with E-state index in [4.69, 9.17) is 15.3 Å². The largest absolute Gasteiger partial charge is 0.395 e. The van der Waals surface area contributed by atoms with Crippen molar-refractivity contribution in [3.63, 3.8) is 0 Å². The van der Waals surface area contributed by atoms with E-state index in [0.717, 1.165) is 0 Å². The summed E-state index contributed by atoms with van der Waals surface area (Å²) < 4.78 is 1.04. The van der Waals surface area contributed by atoms with Crippen LogP contribution in [0, 0.1) is 10.7 Å². The summed E-state index contributed by atoms with van der Waals surface area (Å²) in [6.45, 7) is -1.70. The van der Waals surface area contributed by atoms with Crippen LogP contribution in [0.4, 0.5) is 5.69 Å². The second-order valence-electron chi connectivity index (χ2n) is 5.77. The van der Waals surface area contributed by atoms with Gasteiger partial charge in [0.1, 0.15) is 6.61 Å². The van der Waals surface area contributed by atoms with Crippen molar-refractivity contribution in [2.75, 3.05) is 45.3 Å². The van der Waals surface area contributed by atoms with Crippen molar-refractivity contribution in [3.8, 4) is 0 Å². The first kappa shape index (κ1) is 26.7. The molecule has 0 aliphatic carbocycles. The highest BCUT2D eigenvalue weighted by atomic mass is 127. The molecule has 1 aromatic rings. The monoisotopic (exact) mass is 747 g/mol. The molecule has 1 atom stereocenters. The van der Waals surface area contributed by atoms with Gasteiger partial charge in [0.25, 0.3) is 11.8 Å². The third-order valence-corrected chi connectivity index (χ3v) is 6.89. The maximum absolute atomic E-state index is 12.9. The van der Waals surface area contributed by atoms with Gasteiger partial charge in [-0.1, -0.05) is 0 Å². The van der Waals surface area contributed by atoms with Crippen LogP contribution in [0.3, 0.4) is 0 Å². The number of halogens is 3. The van der Waals surface area contributed by atoms with E-state index in [9.17, 15) is 19.5 Å². The normalized spacial score (nSPS) is 11.7. The zero-order valence-electron chi connectivity index (χ0n) is 15.2. The predicted molar refractivity (Wildman–Crippen MR) is 130 cm³/mol. The Balaban J connectivity index is 3.59. The summed E-state index contributed by atoms with van der Waals surface area (Å²) in [7, 11) is 1.49. The third-order valence-electron chi connectivity index (χ3n) is 3.66. The molecule has 29 heavy (non-hydrogen) atoms. The van der Waals surface area contributed by atoms with Gasteiger partial charge in [0, 0.05) is 23.7 Å². The summed E-state index contributed by atoms with van der Waals surface area (Å²) in [5.74, 6) is -1.79. The number of nitrogens with one attached hydrogen (secondary N) is 2. The molecule has 0 aliphatic heterocycles. The van der Waals surface area contributed by atoms with E-state index in [1.54, 1.807) is 0 Å². The first-order chi connectivity index (χ1) is 13.6. The number of carbonyl (C=O) groups is 3. The maximum atomic E-state index is 12.9. The van der Waals surface area contributed by atoms with E-state index in [-0.39, 0.29) is 36.5 Å². The molecule has 0 saturated carbocycles. The number of benzene rings is 1. The average molecular weight is 747 g/mol. The van der Waals surface area contributed by atoms with E-state index < -0.39 is 37.0 Å². The van der Waals surface area contributed by atoms with Gasteiger partial charge in [-0.2, -0.15) is 0 Å². The number of aliphatic hydroxyl groups excluding tert-OH is 4. The van der Waals surface area contributed by atoms with Crippen LogP contribution in [-0.4, -0.2) is 89.1 Å². The zero-order valence-corrected chi connectivity index (χ0v) is 21.7. The van der Waals surface area contributed by atoms with Gasteiger partial charge in [0.2, 0.25) is 5.91 Å². The minimum atomic E-state index is -1.15. The Morgan fingerprint density at radius 3 is 2.14 bits per heavy atom. The lowest BCUT2D eigenvalue weighted by Crippen LogP contribution is -2.36. The molecule has 1 unspecified atom stereocenters. The summed E-state index contributed by atoms with van der Waals surface area (Å²) >= 11 is 5.59. The SMILES string of the molecule is CN(CCO)C(=O)c1c(I)c(NC(=O)CO)c(I)c(C(=O)NCC(O)CO)c1I. The van der Waals surface area contributed by atoms with E-state index in [1.807, 2.05) is 67.8 Å². The van der Waals surface area contributed by atoms with Crippen LogP contribution in [0.2, 0.25) is 0 Å². The Labute approximate surface area is 207 Å². The van der Waals surface area contributed by atoms with Crippen molar-refractivity contribution in [2.45, 2.75) is 6.10 Å². The molecule has 0 bridgehead atoms. The second kappa shape index (κ2) is 12.5. The molecular formula is C16H20I3N3O7. The minimum absolute atomic E-state index is 0.0690. The summed E-state index contributed by atoms with van der Waals surface area (Å²) in [5.41, 5.74) is 0.452. The van der Waals surface area contributed by atoms with Crippen LogP contribution in [0.25, 0.3) is 0 Å². The third kappa shape index (κ3) is 6.82. The van der Waals surface area contributed by atoms with Gasteiger partial charge in [-0.15, -0.1) is 0 Å². The Kier molecular flexibility index (Phi) is 11.5. The molecule has 0 aromatic heterocycles. The average Bonchev–Trinajstić information content (AvgIpc) is 2.68. The van der Waals surface area contributed by atoms with Gasteiger partial charge < -0.3 is 36.0 Å². The van der Waals surface area contributed by atoms with Gasteiger partial charge in [-0.25, -0.2) is 0 Å². The van der Waals surface area contributed by atoms with Crippen molar-refractivity contribution in [3.05, 3.63) is 21.8 Å². The lowest BCUT2D eigenvalue weighted by atomic mass is 10.1. The van der Waals surface area contributed by atoms with Crippen LogP contribution in [0.5, 0.6) is 0 Å². The van der Waals surface area contributed by atoms with E-state index in [0.29, 0.717) is 10.7 Å². The highest BCUT2D eigenvalue weighted by Crippen LogP contribution is 2.36. The number of carbonyl (C=O) groups excluding carboxylic acids is 3. The van der Waals surface area contributed by atoms with Crippen molar-refractivity contribution in [1.82, 2.24) is 10.2 Å². The van der Waals surface area contributed by atoms with Crippen LogP contribution < -0.4 is 10.6 Å². The minimum Gasteiger partial charge on any atom is -0.395 e. The zero-order chi connectivity index (χ0) is 22.3. The molecule has 0 saturated heterocycles. The molecule has 1 aromatic carbocycles. The van der Waals surface area contributed by atoms with Crippen molar-refractivity contribution in [2.24, 2.45) is 0 Å². The molecule has 0 fully saturated rings. The summed E-state index contributed by atoms with van der Waals surface area (Å²) in [6.07, 6.45) is -1.15. The first-order valence-corrected chi connectivity index (χ1v) is 11.4. The number of anilines is 1. The predicted octanol–water partition coefficient (Wildman–Crippen LogP) is -0.422. The van der Waals surface area contributed by atoms with E-state index in [2.05, 4.69) is 10.6 Å². The molecule has 162 valence electrons. The second-order valence-corrected chi connectivity index (χ2v) is 9.01. The quantitative estimate of drug-likeness (QED) is 0.188. The lowest BCUT2D eigenvalue weighted by Gasteiger charge is -2.22. The molecule has 3 amide bonds. The lowest BCUT2D eigenvalue weighted by molar-refractivity contribution is -0.118. The molecule has 6 N–H and O–H groups in total. The number of hydrogen-bond acceptors (Lipinski definition) is 7. The van der Waals surface area contributed by atoms with Crippen LogP contribution >= 0.6 is 67.8 Å². The maximum Gasteiger partial charge on any atom is 0.255 e. The van der Waals surface area contributed by atoms with Crippen molar-refractivity contribution < 1.29 is 34.8 Å². The van der Waals surface area contributed by atoms with Crippen LogP contribution in [-0.2, 0) is 4.79 Å². The fourth-order valence-electron chi connectivity index (χ4n) is 2.15. The number of rotatable bonds is 9. The molecule has 0 aliphatic rings. The molecule has 0 radical (unpaired) electrons. The molecule has 0 heterocycles. The topological polar surface area (TPSA) is 159 Å². The Hall–Kier alpha value is -0.340. The van der Waals surface area contributed by atoms with Crippen LogP contribution in [0.15, 0.2) is 0 Å². The number of amides is 3. The number of aliphatic hydroxyl groups is 4. The molecule has 1 rings (SSSR count). The van der Waals surface area contributed by atoms with Gasteiger partial charge in [0.15, 0.2) is 0 Å². The fraction of sp³-hybridized carbons (Fsp3) is 0.438. The highest BCUT2D eigenvalue weighted by Gasteiger charge is 2.29. The van der Waals surface area contributed by atoms with E-state index in [1.165, 1.54) is 11.9 Å². The summed E-state index contributed by atoms with van der Waals surface area (Å²) in [4.78, 5) is 38.7. The first-order valence-electron chi connectivity index (χ1n) is 8.15. The molecule has 0 spiro atoms. The Bertz CT molecular complexity index is 792. The molecule has 10 nitrogen and oxygen atoms in total. The summed E-state index contributed by atoms with van der Waals surface area (Å²) in [5, 5.41) is 41.6. The van der Waals surface area contributed by atoms with Crippen molar-refractivity contribution in [1.29, 1.82) is 0 Å². The molecular weight excluding hydrogens is 727 g/mol. The fourth-order valence-corrected chi connectivity index (χ4v) is 6.53.